The molecule has 0 saturated heterocycles. The number of halogens is 2. The molecule has 17 heavy (non-hydrogen) atoms. The summed E-state index contributed by atoms with van der Waals surface area (Å²) in [4.78, 5) is 0. The molecule has 1 N–H and O–H groups in total. The van der Waals surface area contributed by atoms with E-state index < -0.39 is 11.6 Å². The summed E-state index contributed by atoms with van der Waals surface area (Å²) in [6.07, 6.45) is 4.47. The molecule has 1 aromatic carbocycles. The van der Waals surface area contributed by atoms with Crippen molar-refractivity contribution in [1.82, 2.24) is 5.32 Å². The molecule has 1 saturated carbocycles. The summed E-state index contributed by atoms with van der Waals surface area (Å²) in [6.45, 7) is 2.95. The molecule has 1 aliphatic carbocycles. The zero-order chi connectivity index (χ0) is 12.3. The van der Waals surface area contributed by atoms with Crippen LogP contribution in [0.15, 0.2) is 18.2 Å². The van der Waals surface area contributed by atoms with Crippen molar-refractivity contribution in [3.05, 3.63) is 35.4 Å². The predicted octanol–water partition coefficient (Wildman–Crippen LogP) is 3.81. The highest BCUT2D eigenvalue weighted by molar-refractivity contribution is 5.22. The fraction of sp³-hybridized carbons (Fsp3) is 0.571. The molecule has 1 aliphatic rings. The van der Waals surface area contributed by atoms with Gasteiger partial charge in [-0.05, 0) is 31.4 Å². The molecule has 0 amide bonds. The van der Waals surface area contributed by atoms with Gasteiger partial charge in [-0.25, -0.2) is 8.78 Å². The van der Waals surface area contributed by atoms with Crippen LogP contribution in [0, 0.1) is 17.6 Å². The predicted molar refractivity (Wildman–Crippen MR) is 64.7 cm³/mol. The quantitative estimate of drug-likeness (QED) is 0.796. The SMILES string of the molecule is CCCNC(CC1CC1)c1ccc(F)cc1F. The van der Waals surface area contributed by atoms with E-state index in [0.29, 0.717) is 11.5 Å². The van der Waals surface area contributed by atoms with Gasteiger partial charge in [0, 0.05) is 17.7 Å². The largest absolute Gasteiger partial charge is 0.310 e. The normalized spacial score (nSPS) is 17.1. The average Bonchev–Trinajstić information content (AvgIpc) is 3.08. The van der Waals surface area contributed by atoms with Crippen molar-refractivity contribution in [2.24, 2.45) is 5.92 Å². The lowest BCUT2D eigenvalue weighted by molar-refractivity contribution is 0.450. The van der Waals surface area contributed by atoms with Gasteiger partial charge in [0.15, 0.2) is 0 Å². The summed E-state index contributed by atoms with van der Waals surface area (Å²) in [5, 5.41) is 3.35. The van der Waals surface area contributed by atoms with E-state index in [9.17, 15) is 8.78 Å². The molecule has 0 bridgehead atoms. The minimum absolute atomic E-state index is 0.0306. The van der Waals surface area contributed by atoms with Crippen LogP contribution in [0.1, 0.15) is 44.2 Å². The monoisotopic (exact) mass is 239 g/mol. The molecule has 0 aromatic heterocycles. The van der Waals surface area contributed by atoms with Gasteiger partial charge < -0.3 is 5.32 Å². The average molecular weight is 239 g/mol. The van der Waals surface area contributed by atoms with Crippen LogP contribution in [-0.4, -0.2) is 6.54 Å². The van der Waals surface area contributed by atoms with E-state index in [0.717, 1.165) is 25.5 Å². The minimum atomic E-state index is -0.507. The maximum atomic E-state index is 13.7. The van der Waals surface area contributed by atoms with Crippen molar-refractivity contribution in [3.63, 3.8) is 0 Å². The molecule has 1 unspecified atom stereocenters. The highest BCUT2D eigenvalue weighted by Crippen LogP contribution is 2.38. The standard InChI is InChI=1S/C14H19F2N/c1-2-7-17-14(8-10-3-4-10)12-6-5-11(15)9-13(12)16/h5-6,9-10,14,17H,2-4,7-8H2,1H3. The second kappa shape index (κ2) is 5.58. The zero-order valence-electron chi connectivity index (χ0n) is 10.2. The van der Waals surface area contributed by atoms with Gasteiger partial charge in [-0.15, -0.1) is 0 Å². The van der Waals surface area contributed by atoms with E-state index in [2.05, 4.69) is 12.2 Å². The Kier molecular flexibility index (Phi) is 4.11. The number of hydrogen-bond acceptors (Lipinski definition) is 1. The molecule has 0 aliphatic heterocycles. The van der Waals surface area contributed by atoms with Crippen molar-refractivity contribution in [1.29, 1.82) is 0 Å². The third-order valence-corrected chi connectivity index (χ3v) is 3.24. The summed E-state index contributed by atoms with van der Waals surface area (Å²) in [7, 11) is 0. The van der Waals surface area contributed by atoms with Crippen LogP contribution in [0.3, 0.4) is 0 Å². The number of hydrogen-bond donors (Lipinski definition) is 1. The van der Waals surface area contributed by atoms with Crippen LogP contribution < -0.4 is 5.32 Å². The lowest BCUT2D eigenvalue weighted by Gasteiger charge is -2.19. The number of benzene rings is 1. The Morgan fingerprint density at radius 1 is 1.35 bits per heavy atom. The molecule has 94 valence electrons. The van der Waals surface area contributed by atoms with E-state index >= 15 is 0 Å². The van der Waals surface area contributed by atoms with Gasteiger partial charge in [-0.2, -0.15) is 0 Å². The topological polar surface area (TPSA) is 12.0 Å². The summed E-state index contributed by atoms with van der Waals surface area (Å²) in [5.74, 6) is -0.222. The molecule has 1 aromatic rings. The van der Waals surface area contributed by atoms with Crippen LogP contribution in [-0.2, 0) is 0 Å². The Labute approximate surface area is 101 Å². The van der Waals surface area contributed by atoms with Crippen LogP contribution in [0.2, 0.25) is 0 Å². The minimum Gasteiger partial charge on any atom is -0.310 e. The molecular formula is C14H19F2N. The van der Waals surface area contributed by atoms with Gasteiger partial charge in [-0.3, -0.25) is 0 Å². The van der Waals surface area contributed by atoms with Crippen LogP contribution in [0.5, 0.6) is 0 Å². The third-order valence-electron chi connectivity index (χ3n) is 3.24. The van der Waals surface area contributed by atoms with Gasteiger partial charge in [-0.1, -0.05) is 25.8 Å². The summed E-state index contributed by atoms with van der Waals surface area (Å²) >= 11 is 0. The molecule has 1 nitrogen and oxygen atoms in total. The van der Waals surface area contributed by atoms with Gasteiger partial charge in [0.2, 0.25) is 0 Å². The van der Waals surface area contributed by atoms with Crippen molar-refractivity contribution in [2.75, 3.05) is 6.54 Å². The molecule has 0 spiro atoms. The first-order valence-electron chi connectivity index (χ1n) is 6.39. The zero-order valence-corrected chi connectivity index (χ0v) is 10.2. The lowest BCUT2D eigenvalue weighted by atomic mass is 10.0. The Morgan fingerprint density at radius 3 is 2.71 bits per heavy atom. The van der Waals surface area contributed by atoms with Crippen LogP contribution >= 0.6 is 0 Å². The van der Waals surface area contributed by atoms with Crippen molar-refractivity contribution >= 4 is 0 Å². The van der Waals surface area contributed by atoms with E-state index in [-0.39, 0.29) is 6.04 Å². The van der Waals surface area contributed by atoms with Crippen molar-refractivity contribution in [3.8, 4) is 0 Å². The summed E-state index contributed by atoms with van der Waals surface area (Å²) in [6, 6.07) is 3.91. The van der Waals surface area contributed by atoms with E-state index in [1.807, 2.05) is 0 Å². The lowest BCUT2D eigenvalue weighted by Crippen LogP contribution is -2.23. The Bertz CT molecular complexity index is 374. The van der Waals surface area contributed by atoms with Gasteiger partial charge in [0.05, 0.1) is 0 Å². The molecule has 2 rings (SSSR count). The Morgan fingerprint density at radius 2 is 2.12 bits per heavy atom. The maximum Gasteiger partial charge on any atom is 0.130 e. The molecular weight excluding hydrogens is 220 g/mol. The van der Waals surface area contributed by atoms with E-state index in [1.165, 1.54) is 18.9 Å². The highest BCUT2D eigenvalue weighted by atomic mass is 19.1. The van der Waals surface area contributed by atoms with Crippen molar-refractivity contribution in [2.45, 2.75) is 38.6 Å². The maximum absolute atomic E-state index is 13.7. The smallest absolute Gasteiger partial charge is 0.130 e. The van der Waals surface area contributed by atoms with Gasteiger partial charge in [0.1, 0.15) is 11.6 Å². The fourth-order valence-electron chi connectivity index (χ4n) is 2.11. The van der Waals surface area contributed by atoms with Crippen molar-refractivity contribution < 1.29 is 8.78 Å². The van der Waals surface area contributed by atoms with E-state index in [1.54, 1.807) is 6.07 Å². The van der Waals surface area contributed by atoms with Gasteiger partial charge >= 0.3 is 0 Å². The molecule has 1 atom stereocenters. The van der Waals surface area contributed by atoms with Crippen LogP contribution in [0.25, 0.3) is 0 Å². The first-order valence-corrected chi connectivity index (χ1v) is 6.39. The second-order valence-corrected chi connectivity index (χ2v) is 4.85. The second-order valence-electron chi connectivity index (χ2n) is 4.85. The van der Waals surface area contributed by atoms with E-state index in [4.69, 9.17) is 0 Å². The number of rotatable bonds is 6. The molecule has 1 fully saturated rings. The first-order chi connectivity index (χ1) is 8.20. The summed E-state index contributed by atoms with van der Waals surface area (Å²) in [5.41, 5.74) is 0.603. The van der Waals surface area contributed by atoms with Crippen LogP contribution in [0.4, 0.5) is 8.78 Å². The fourth-order valence-corrected chi connectivity index (χ4v) is 2.11. The third kappa shape index (κ3) is 3.50. The first kappa shape index (κ1) is 12.5. The Balaban J connectivity index is 2.11. The highest BCUT2D eigenvalue weighted by Gasteiger charge is 2.27. The number of nitrogens with one attached hydrogen (secondary N) is 1. The summed E-state index contributed by atoms with van der Waals surface area (Å²) < 4.78 is 26.6. The molecule has 3 heteroatoms. The molecule has 0 heterocycles. The van der Waals surface area contributed by atoms with Gasteiger partial charge in [0.25, 0.3) is 0 Å². The Hall–Kier alpha value is -0.960. The molecule has 0 radical (unpaired) electrons.